The molecule has 0 fully saturated rings. The van der Waals surface area contributed by atoms with Crippen molar-refractivity contribution in [1.29, 1.82) is 5.26 Å². The van der Waals surface area contributed by atoms with E-state index in [0.717, 1.165) is 11.8 Å². The molecule has 35 heavy (non-hydrogen) atoms. The lowest BCUT2D eigenvalue weighted by atomic mass is 9.80. The zero-order chi connectivity index (χ0) is 24.9. The quantitative estimate of drug-likeness (QED) is 0.464. The monoisotopic (exact) mass is 482 g/mol. The molecule has 1 N–H and O–H groups in total. The van der Waals surface area contributed by atoms with Crippen molar-refractivity contribution in [3.8, 4) is 11.9 Å². The number of fused-ring (bicyclic) bond motifs is 3. The Balaban J connectivity index is 1.54. The summed E-state index contributed by atoms with van der Waals surface area (Å²) in [5, 5.41) is 20.1. The van der Waals surface area contributed by atoms with E-state index in [4.69, 9.17) is 0 Å². The molecule has 0 radical (unpaired) electrons. The molecule has 1 amide bonds. The van der Waals surface area contributed by atoms with E-state index in [1.807, 2.05) is 13.1 Å². The van der Waals surface area contributed by atoms with E-state index in [0.29, 0.717) is 23.3 Å². The van der Waals surface area contributed by atoms with Crippen LogP contribution >= 0.6 is 0 Å². The van der Waals surface area contributed by atoms with E-state index in [1.54, 1.807) is 24.0 Å². The normalized spacial score (nSPS) is 19.1. The third kappa shape index (κ3) is 3.72. The van der Waals surface area contributed by atoms with Gasteiger partial charge < -0.3 is 10.1 Å². The van der Waals surface area contributed by atoms with Crippen LogP contribution in [0.25, 0.3) is 5.65 Å². The van der Waals surface area contributed by atoms with Crippen molar-refractivity contribution in [2.24, 2.45) is 7.05 Å². The Kier molecular flexibility index (Phi) is 5.16. The summed E-state index contributed by atoms with van der Waals surface area (Å²) in [5.74, 6) is -2.40. The Bertz CT molecular complexity index is 1510. The van der Waals surface area contributed by atoms with Gasteiger partial charge in [-0.2, -0.15) is 23.5 Å². The third-order valence-electron chi connectivity index (χ3n) is 6.09. The van der Waals surface area contributed by atoms with Gasteiger partial charge in [-0.05, 0) is 19.4 Å². The zero-order valence-corrected chi connectivity index (χ0v) is 18.4. The maximum absolute atomic E-state index is 14.0. The van der Waals surface area contributed by atoms with Crippen molar-refractivity contribution in [1.82, 2.24) is 29.4 Å². The van der Waals surface area contributed by atoms with Crippen molar-refractivity contribution < 1.29 is 22.7 Å². The summed E-state index contributed by atoms with van der Waals surface area (Å²) in [6.45, 7) is -1.23. The van der Waals surface area contributed by atoms with Crippen molar-refractivity contribution >= 4 is 17.2 Å². The van der Waals surface area contributed by atoms with Crippen LogP contribution in [0.15, 0.2) is 36.9 Å². The van der Waals surface area contributed by atoms with E-state index in [2.05, 4.69) is 30.2 Å². The number of hydrogen-bond acceptors (Lipinski definition) is 7. The predicted molar refractivity (Wildman–Crippen MR) is 114 cm³/mol. The van der Waals surface area contributed by atoms with Crippen molar-refractivity contribution in [3.63, 3.8) is 0 Å². The summed E-state index contributed by atoms with van der Waals surface area (Å²) in [6, 6.07) is 4.12. The second-order valence-electron chi connectivity index (χ2n) is 8.35. The maximum Gasteiger partial charge on any atom is 0.388 e. The number of anilines is 1. The molecular formula is C22H17F3N8O2. The van der Waals surface area contributed by atoms with Crippen LogP contribution in [0.3, 0.4) is 0 Å². The number of amides is 1. The number of pyridine rings is 1. The van der Waals surface area contributed by atoms with Crippen LogP contribution in [-0.2, 0) is 17.3 Å². The Hall–Kier alpha value is -4.47. The van der Waals surface area contributed by atoms with Crippen molar-refractivity contribution in [2.75, 3.05) is 5.32 Å². The molecule has 0 spiro atoms. The van der Waals surface area contributed by atoms with Crippen LogP contribution in [0.5, 0.6) is 5.88 Å². The number of carbonyl (C=O) groups excluding carboxylic acids is 1. The molecule has 5 rings (SSSR count). The van der Waals surface area contributed by atoms with Crippen LogP contribution in [0.4, 0.5) is 18.9 Å². The van der Waals surface area contributed by atoms with Gasteiger partial charge in [0.05, 0.1) is 29.7 Å². The van der Waals surface area contributed by atoms with Gasteiger partial charge in [0.15, 0.2) is 5.65 Å². The molecule has 13 heteroatoms. The molecule has 10 nitrogen and oxygen atoms in total. The number of carbonyl (C=O) groups is 1. The highest BCUT2D eigenvalue weighted by molar-refractivity contribution is 5.97. The standard InChI is InChI=1S/C22H17F3N8O2/c1-22(12-7-29-32(2)10-12)5-14(15-9-27-17-4-16(23)31-33(17)18(15)22)19(34)30-13-3-11(6-26)20(28-8-13)35-21(24)25/h3-4,7-10,14,21H,5H2,1-2H3,(H,30,34). The lowest BCUT2D eigenvalue weighted by Gasteiger charge is -2.24. The summed E-state index contributed by atoms with van der Waals surface area (Å²) in [7, 11) is 1.77. The number of aryl methyl sites for hydroxylation is 1. The molecule has 0 bridgehead atoms. The lowest BCUT2D eigenvalue weighted by molar-refractivity contribution is -0.117. The number of rotatable bonds is 5. The summed E-state index contributed by atoms with van der Waals surface area (Å²) in [5.41, 5.74) is 1.38. The van der Waals surface area contributed by atoms with Gasteiger partial charge in [0.1, 0.15) is 11.6 Å². The van der Waals surface area contributed by atoms with E-state index in [1.165, 1.54) is 22.8 Å². The fraction of sp³-hybridized carbons (Fsp3) is 0.273. The summed E-state index contributed by atoms with van der Waals surface area (Å²) in [4.78, 5) is 21.4. The number of hydrogen-bond donors (Lipinski definition) is 1. The molecule has 2 atom stereocenters. The molecule has 1 aliphatic carbocycles. The molecule has 4 aromatic rings. The minimum atomic E-state index is -3.15. The Labute approximate surface area is 196 Å². The summed E-state index contributed by atoms with van der Waals surface area (Å²) in [6.07, 6.45) is 6.45. The molecule has 0 saturated heterocycles. The molecule has 0 aromatic carbocycles. The van der Waals surface area contributed by atoms with Crippen LogP contribution in [0.1, 0.15) is 41.6 Å². The molecular weight excluding hydrogens is 465 g/mol. The second-order valence-corrected chi connectivity index (χ2v) is 8.35. The van der Waals surface area contributed by atoms with Crippen molar-refractivity contribution in [2.45, 2.75) is 31.3 Å². The SMILES string of the molecule is Cn1cc(C2(C)CC(C(=O)Nc3cnc(OC(F)F)c(C#N)c3)c3cnc4cc(F)nn4c32)cn1. The van der Waals surface area contributed by atoms with E-state index in [-0.39, 0.29) is 11.3 Å². The zero-order valence-electron chi connectivity index (χ0n) is 18.4. The highest BCUT2D eigenvalue weighted by Gasteiger charge is 2.47. The van der Waals surface area contributed by atoms with Gasteiger partial charge >= 0.3 is 6.61 Å². The Morgan fingerprint density at radius 2 is 2.11 bits per heavy atom. The minimum Gasteiger partial charge on any atom is -0.415 e. The number of nitriles is 1. The number of aromatic nitrogens is 6. The Morgan fingerprint density at radius 3 is 2.80 bits per heavy atom. The summed E-state index contributed by atoms with van der Waals surface area (Å²) >= 11 is 0. The van der Waals surface area contributed by atoms with Gasteiger partial charge in [0.25, 0.3) is 0 Å². The van der Waals surface area contributed by atoms with E-state index >= 15 is 0 Å². The maximum atomic E-state index is 14.0. The summed E-state index contributed by atoms with van der Waals surface area (Å²) < 4.78 is 46.3. The largest absolute Gasteiger partial charge is 0.415 e. The van der Waals surface area contributed by atoms with Crippen LogP contribution < -0.4 is 10.1 Å². The van der Waals surface area contributed by atoms with Crippen molar-refractivity contribution in [3.05, 3.63) is 65.3 Å². The number of halogens is 3. The molecule has 178 valence electrons. The molecule has 0 saturated carbocycles. The molecule has 2 unspecified atom stereocenters. The number of alkyl halides is 2. The van der Waals surface area contributed by atoms with Gasteiger partial charge in [-0.3, -0.25) is 9.48 Å². The first-order chi connectivity index (χ1) is 16.7. The number of nitrogens with one attached hydrogen (secondary N) is 1. The third-order valence-corrected chi connectivity index (χ3v) is 6.09. The number of nitrogens with zero attached hydrogens (tertiary/aromatic N) is 7. The fourth-order valence-electron chi connectivity index (χ4n) is 4.54. The van der Waals surface area contributed by atoms with E-state index in [9.17, 15) is 23.2 Å². The smallest absolute Gasteiger partial charge is 0.388 e. The highest BCUT2D eigenvalue weighted by atomic mass is 19.3. The first kappa shape index (κ1) is 22.3. The van der Waals surface area contributed by atoms with Gasteiger partial charge in [0, 0.05) is 42.0 Å². The van der Waals surface area contributed by atoms with E-state index < -0.39 is 35.7 Å². The van der Waals surface area contributed by atoms with Crippen LogP contribution in [0.2, 0.25) is 0 Å². The molecule has 0 aliphatic heterocycles. The van der Waals surface area contributed by atoms with Gasteiger partial charge in [-0.25, -0.2) is 14.5 Å². The molecule has 4 aromatic heterocycles. The average Bonchev–Trinajstić information content (AvgIpc) is 3.49. The lowest BCUT2D eigenvalue weighted by Crippen LogP contribution is -2.25. The van der Waals surface area contributed by atoms with Crippen LogP contribution in [-0.4, -0.2) is 41.9 Å². The topological polar surface area (TPSA) is 123 Å². The van der Waals surface area contributed by atoms with Crippen LogP contribution in [0, 0.1) is 17.3 Å². The predicted octanol–water partition coefficient (Wildman–Crippen LogP) is 2.90. The second kappa shape index (κ2) is 8.08. The Morgan fingerprint density at radius 1 is 1.31 bits per heavy atom. The first-order valence-corrected chi connectivity index (χ1v) is 10.4. The fourth-order valence-corrected chi connectivity index (χ4v) is 4.54. The average molecular weight is 482 g/mol. The van der Waals surface area contributed by atoms with Gasteiger partial charge in [0.2, 0.25) is 17.7 Å². The minimum absolute atomic E-state index is 0.129. The van der Waals surface area contributed by atoms with Gasteiger partial charge in [-0.1, -0.05) is 0 Å². The molecule has 4 heterocycles. The molecule has 1 aliphatic rings. The highest BCUT2D eigenvalue weighted by Crippen LogP contribution is 2.49. The first-order valence-electron chi connectivity index (χ1n) is 10.4. The number of ether oxygens (including phenoxy) is 1. The van der Waals surface area contributed by atoms with Gasteiger partial charge in [-0.15, -0.1) is 5.10 Å².